The Morgan fingerprint density at radius 1 is 0.938 bits per heavy atom. The number of benzene rings is 1. The Morgan fingerprint density at radius 2 is 1.62 bits per heavy atom. The summed E-state index contributed by atoms with van der Waals surface area (Å²) in [5.74, 6) is 3.96. The molecule has 4 atom stereocenters. The van der Waals surface area contributed by atoms with Crippen molar-refractivity contribution in [1.82, 2.24) is 0 Å². The summed E-state index contributed by atoms with van der Waals surface area (Å²) in [7, 11) is 0. The van der Waals surface area contributed by atoms with E-state index >= 15 is 0 Å². The number of allylic oxidation sites excluding steroid dienone is 2. The van der Waals surface area contributed by atoms with Gasteiger partial charge in [0.25, 0.3) is 0 Å². The average molecular weight is 210 g/mol. The van der Waals surface area contributed by atoms with Gasteiger partial charge in [0, 0.05) is 0 Å². The fraction of sp³-hybridized carbons (Fsp3) is 0.500. The molecule has 0 spiro atoms. The Balaban J connectivity index is 1.78. The van der Waals surface area contributed by atoms with E-state index in [0.29, 0.717) is 0 Å². The second-order valence-electron chi connectivity index (χ2n) is 5.85. The van der Waals surface area contributed by atoms with E-state index in [2.05, 4.69) is 37.3 Å². The van der Waals surface area contributed by atoms with Gasteiger partial charge in [-0.3, -0.25) is 0 Å². The molecule has 0 radical (unpaired) electrons. The highest BCUT2D eigenvalue weighted by molar-refractivity contribution is 5.78. The molecular formula is C16H18. The van der Waals surface area contributed by atoms with Crippen LogP contribution in [0.15, 0.2) is 35.9 Å². The zero-order chi connectivity index (χ0) is 10.7. The van der Waals surface area contributed by atoms with Crippen LogP contribution in [0, 0.1) is 23.7 Å². The fourth-order valence-electron chi connectivity index (χ4n) is 4.71. The molecule has 0 heteroatoms. The van der Waals surface area contributed by atoms with Gasteiger partial charge in [0.2, 0.25) is 0 Å². The third-order valence-corrected chi connectivity index (χ3v) is 5.26. The number of hydrogen-bond acceptors (Lipinski definition) is 0. The zero-order valence-electron chi connectivity index (χ0n) is 9.82. The van der Waals surface area contributed by atoms with Crippen molar-refractivity contribution in [1.29, 1.82) is 0 Å². The predicted molar refractivity (Wildman–Crippen MR) is 66.8 cm³/mol. The summed E-state index contributed by atoms with van der Waals surface area (Å²) in [6, 6.07) is 11.1. The molecule has 1 aromatic carbocycles. The van der Waals surface area contributed by atoms with Crippen molar-refractivity contribution in [2.75, 3.05) is 0 Å². The average Bonchev–Trinajstić information content (AvgIpc) is 2.87. The van der Waals surface area contributed by atoms with E-state index in [0.717, 1.165) is 23.7 Å². The summed E-state index contributed by atoms with van der Waals surface area (Å²) >= 11 is 0. The number of hydrogen-bond donors (Lipinski definition) is 0. The summed E-state index contributed by atoms with van der Waals surface area (Å²) in [5, 5.41) is 0. The van der Waals surface area contributed by atoms with Crippen LogP contribution in [0.2, 0.25) is 0 Å². The van der Waals surface area contributed by atoms with Crippen molar-refractivity contribution >= 4 is 5.57 Å². The molecule has 0 unspecified atom stereocenters. The molecule has 0 nitrogen and oxygen atoms in total. The van der Waals surface area contributed by atoms with Crippen LogP contribution in [0.4, 0.5) is 0 Å². The Bertz CT molecular complexity index is 454. The molecule has 82 valence electrons. The third kappa shape index (κ3) is 0.959. The van der Waals surface area contributed by atoms with Crippen molar-refractivity contribution in [3.8, 4) is 0 Å². The lowest BCUT2D eigenvalue weighted by atomic mass is 9.60. The lowest BCUT2D eigenvalue weighted by Gasteiger charge is -2.44. The molecule has 0 heterocycles. The van der Waals surface area contributed by atoms with Crippen molar-refractivity contribution in [2.45, 2.75) is 26.2 Å². The largest absolute Gasteiger partial charge is 0.0652 e. The lowest BCUT2D eigenvalue weighted by Crippen LogP contribution is -2.33. The Morgan fingerprint density at radius 3 is 2.38 bits per heavy atom. The molecule has 3 aliphatic carbocycles. The standard InChI is InChI=1S/C16H18/c1-10-14(11-5-3-2-4-6-11)16-13-8-7-12(9-13)15(10)16/h2-6,12-13,15-16H,7-9H2,1H3/t12-,13+,15+,16+/m0/s1. The molecule has 1 aromatic rings. The molecule has 2 fully saturated rings. The first kappa shape index (κ1) is 9.04. The smallest absolute Gasteiger partial charge is 0.00596 e. The first-order valence-corrected chi connectivity index (χ1v) is 6.62. The zero-order valence-corrected chi connectivity index (χ0v) is 9.82. The lowest BCUT2D eigenvalue weighted by molar-refractivity contribution is 0.280. The van der Waals surface area contributed by atoms with E-state index < -0.39 is 0 Å². The second kappa shape index (κ2) is 3.00. The van der Waals surface area contributed by atoms with Crippen molar-refractivity contribution in [3.05, 3.63) is 41.5 Å². The maximum Gasteiger partial charge on any atom is -0.00596 e. The quantitative estimate of drug-likeness (QED) is 0.653. The van der Waals surface area contributed by atoms with Crippen LogP contribution in [-0.4, -0.2) is 0 Å². The Kier molecular flexibility index (Phi) is 1.69. The van der Waals surface area contributed by atoms with E-state index in [9.17, 15) is 0 Å². The van der Waals surface area contributed by atoms with E-state index in [1.807, 2.05) is 0 Å². The van der Waals surface area contributed by atoms with Crippen LogP contribution in [0.25, 0.3) is 5.57 Å². The van der Waals surface area contributed by atoms with Crippen LogP contribution in [0.3, 0.4) is 0 Å². The van der Waals surface area contributed by atoms with Crippen molar-refractivity contribution in [3.63, 3.8) is 0 Å². The van der Waals surface area contributed by atoms with Crippen LogP contribution >= 0.6 is 0 Å². The molecular weight excluding hydrogens is 192 g/mol. The second-order valence-corrected chi connectivity index (χ2v) is 5.85. The minimum absolute atomic E-state index is 0.932. The molecule has 4 rings (SSSR count). The van der Waals surface area contributed by atoms with Crippen LogP contribution in [0.1, 0.15) is 31.7 Å². The van der Waals surface area contributed by atoms with E-state index in [4.69, 9.17) is 0 Å². The summed E-state index contributed by atoms with van der Waals surface area (Å²) in [4.78, 5) is 0. The summed E-state index contributed by atoms with van der Waals surface area (Å²) in [6.45, 7) is 2.38. The minimum Gasteiger partial charge on any atom is -0.0652 e. The van der Waals surface area contributed by atoms with Crippen molar-refractivity contribution < 1.29 is 0 Å². The summed E-state index contributed by atoms with van der Waals surface area (Å²) in [5.41, 5.74) is 4.91. The Labute approximate surface area is 97.4 Å². The SMILES string of the molecule is CC1=C(c2ccccc2)[C@H]2[C@@H]3CC[C@@H](C3)[C@@H]12. The molecule has 3 aliphatic rings. The number of fused-ring (bicyclic) bond motifs is 5. The van der Waals surface area contributed by atoms with Gasteiger partial charge in [-0.15, -0.1) is 0 Å². The van der Waals surface area contributed by atoms with Gasteiger partial charge >= 0.3 is 0 Å². The van der Waals surface area contributed by atoms with E-state index in [-0.39, 0.29) is 0 Å². The van der Waals surface area contributed by atoms with Crippen LogP contribution in [-0.2, 0) is 0 Å². The van der Waals surface area contributed by atoms with Gasteiger partial charge < -0.3 is 0 Å². The molecule has 0 aliphatic heterocycles. The van der Waals surface area contributed by atoms with E-state index in [1.165, 1.54) is 24.8 Å². The van der Waals surface area contributed by atoms with Gasteiger partial charge in [0.1, 0.15) is 0 Å². The maximum atomic E-state index is 2.38. The van der Waals surface area contributed by atoms with Gasteiger partial charge in [-0.05, 0) is 61.0 Å². The molecule has 0 saturated heterocycles. The molecule has 16 heavy (non-hydrogen) atoms. The van der Waals surface area contributed by atoms with Crippen LogP contribution < -0.4 is 0 Å². The minimum atomic E-state index is 0.932. The van der Waals surface area contributed by atoms with E-state index in [1.54, 1.807) is 11.1 Å². The first-order valence-electron chi connectivity index (χ1n) is 6.62. The fourth-order valence-corrected chi connectivity index (χ4v) is 4.71. The van der Waals surface area contributed by atoms with Gasteiger partial charge in [-0.1, -0.05) is 35.9 Å². The van der Waals surface area contributed by atoms with Gasteiger partial charge in [-0.25, -0.2) is 0 Å². The molecule has 0 aromatic heterocycles. The summed E-state index contributed by atoms with van der Waals surface area (Å²) < 4.78 is 0. The Hall–Kier alpha value is -1.04. The molecule has 2 saturated carbocycles. The number of rotatable bonds is 1. The van der Waals surface area contributed by atoms with Crippen molar-refractivity contribution in [2.24, 2.45) is 23.7 Å². The van der Waals surface area contributed by atoms with Gasteiger partial charge in [-0.2, -0.15) is 0 Å². The highest BCUT2D eigenvalue weighted by Gasteiger charge is 2.55. The molecule has 0 amide bonds. The first-order chi connectivity index (χ1) is 7.86. The maximum absolute atomic E-state index is 2.38. The van der Waals surface area contributed by atoms with Gasteiger partial charge in [0.05, 0.1) is 0 Å². The monoisotopic (exact) mass is 210 g/mol. The highest BCUT2D eigenvalue weighted by atomic mass is 14.6. The molecule has 2 bridgehead atoms. The highest BCUT2D eigenvalue weighted by Crippen LogP contribution is 2.65. The summed E-state index contributed by atoms with van der Waals surface area (Å²) in [6.07, 6.45) is 4.52. The molecule has 0 N–H and O–H groups in total. The third-order valence-electron chi connectivity index (χ3n) is 5.26. The predicted octanol–water partition coefficient (Wildman–Crippen LogP) is 4.14. The topological polar surface area (TPSA) is 0 Å². The normalized spacial score (nSPS) is 39.8. The van der Waals surface area contributed by atoms with Crippen LogP contribution in [0.5, 0.6) is 0 Å². The van der Waals surface area contributed by atoms with Gasteiger partial charge in [0.15, 0.2) is 0 Å².